The maximum atomic E-state index is 11.9. The van der Waals surface area contributed by atoms with Crippen LogP contribution in [0, 0.1) is 0 Å². The summed E-state index contributed by atoms with van der Waals surface area (Å²) in [5.41, 5.74) is 0.870. The number of hydrogen-bond donors (Lipinski definition) is 0. The Morgan fingerprint density at radius 1 is 1.26 bits per heavy atom. The molecule has 1 saturated carbocycles. The molecule has 1 aliphatic heterocycles. The van der Waals surface area contributed by atoms with Crippen LogP contribution in [0.3, 0.4) is 0 Å². The lowest BCUT2D eigenvalue weighted by Gasteiger charge is -2.45. The molecule has 1 saturated heterocycles. The lowest BCUT2D eigenvalue weighted by molar-refractivity contribution is -0.136. The lowest BCUT2D eigenvalue weighted by atomic mass is 9.85. The van der Waals surface area contributed by atoms with E-state index in [2.05, 4.69) is 35.4 Å². The van der Waals surface area contributed by atoms with Crippen molar-refractivity contribution in [3.8, 4) is 0 Å². The van der Waals surface area contributed by atoms with Gasteiger partial charge in [0.05, 0.1) is 11.9 Å². The summed E-state index contributed by atoms with van der Waals surface area (Å²) in [6.07, 6.45) is 5.62. The van der Waals surface area contributed by atoms with Gasteiger partial charge in [-0.05, 0) is 28.8 Å². The van der Waals surface area contributed by atoms with Crippen LogP contribution in [0.4, 0.5) is 0 Å². The second kappa shape index (κ2) is 5.72. The summed E-state index contributed by atoms with van der Waals surface area (Å²) in [5, 5.41) is 1.34. The molecule has 2 aromatic heterocycles. The maximum absolute atomic E-state index is 11.9. The number of carbonyl (C=O) groups excluding carboxylic acids is 1. The Labute approximate surface area is 147 Å². The topological polar surface area (TPSA) is 54.3 Å². The van der Waals surface area contributed by atoms with Crippen LogP contribution in [-0.4, -0.2) is 63.0 Å². The summed E-state index contributed by atoms with van der Waals surface area (Å²) in [5.74, 6) is 0.216. The minimum absolute atomic E-state index is 0.216. The molecular weight excluding hydrogens is 382 g/mol. The summed E-state index contributed by atoms with van der Waals surface area (Å²) in [6, 6.07) is 0.876. The third-order valence-corrected chi connectivity index (χ3v) is 5.89. The second-order valence-corrected chi connectivity index (χ2v) is 7.52. The number of amides is 1. The molecule has 0 unspecified atom stereocenters. The molecule has 0 radical (unpaired) electrons. The predicted octanol–water partition coefficient (Wildman–Crippen LogP) is 2.32. The molecule has 0 atom stereocenters. The molecule has 3 heterocycles. The molecule has 4 rings (SSSR count). The SMILES string of the molecule is CN1CCN(C2CC(n3cc(Br)c4c(Cl)ncnc43)C2)CC1=O. The number of nitrogens with zero attached hydrogens (tertiary/aromatic N) is 5. The molecular formula is C15H17BrClN5O. The van der Waals surface area contributed by atoms with Crippen molar-refractivity contribution in [1.29, 1.82) is 0 Å². The lowest BCUT2D eigenvalue weighted by Crippen LogP contribution is -2.55. The van der Waals surface area contributed by atoms with Gasteiger partial charge in [-0.2, -0.15) is 0 Å². The first kappa shape index (κ1) is 15.4. The molecule has 0 spiro atoms. The minimum Gasteiger partial charge on any atom is -0.343 e. The van der Waals surface area contributed by atoms with Crippen LogP contribution in [-0.2, 0) is 4.79 Å². The highest BCUT2D eigenvalue weighted by molar-refractivity contribution is 9.10. The van der Waals surface area contributed by atoms with Crippen molar-refractivity contribution in [3.63, 3.8) is 0 Å². The second-order valence-electron chi connectivity index (χ2n) is 6.31. The molecule has 1 aliphatic carbocycles. The van der Waals surface area contributed by atoms with Crippen LogP contribution < -0.4 is 0 Å². The fourth-order valence-corrected chi connectivity index (χ4v) is 4.39. The predicted molar refractivity (Wildman–Crippen MR) is 91.5 cm³/mol. The monoisotopic (exact) mass is 397 g/mol. The smallest absolute Gasteiger partial charge is 0.236 e. The van der Waals surface area contributed by atoms with Crippen LogP contribution in [0.5, 0.6) is 0 Å². The number of likely N-dealkylation sites (N-methyl/N-ethyl adjacent to an activating group) is 1. The van der Waals surface area contributed by atoms with Crippen LogP contribution in [0.15, 0.2) is 17.0 Å². The van der Waals surface area contributed by atoms with Gasteiger partial charge in [-0.3, -0.25) is 9.69 Å². The highest BCUT2D eigenvalue weighted by Gasteiger charge is 2.38. The van der Waals surface area contributed by atoms with Gasteiger partial charge in [-0.1, -0.05) is 11.6 Å². The average molecular weight is 399 g/mol. The van der Waals surface area contributed by atoms with Crippen LogP contribution in [0.1, 0.15) is 18.9 Å². The van der Waals surface area contributed by atoms with E-state index in [0.29, 0.717) is 23.8 Å². The molecule has 1 amide bonds. The van der Waals surface area contributed by atoms with Crippen molar-refractivity contribution in [2.45, 2.75) is 24.9 Å². The normalized spacial score (nSPS) is 25.9. The molecule has 6 nitrogen and oxygen atoms in total. The molecule has 23 heavy (non-hydrogen) atoms. The first-order valence-corrected chi connectivity index (χ1v) is 8.86. The van der Waals surface area contributed by atoms with Gasteiger partial charge in [0.2, 0.25) is 5.91 Å². The molecule has 2 aliphatic rings. The summed E-state index contributed by atoms with van der Waals surface area (Å²) >= 11 is 9.73. The summed E-state index contributed by atoms with van der Waals surface area (Å²) in [4.78, 5) is 24.4. The minimum atomic E-state index is 0.216. The molecule has 0 aromatic carbocycles. The van der Waals surface area contributed by atoms with E-state index in [-0.39, 0.29) is 5.91 Å². The zero-order valence-corrected chi connectivity index (χ0v) is 15.1. The van der Waals surface area contributed by atoms with Gasteiger partial charge >= 0.3 is 0 Å². The highest BCUT2D eigenvalue weighted by Crippen LogP contribution is 2.40. The van der Waals surface area contributed by atoms with Crippen molar-refractivity contribution in [2.75, 3.05) is 26.7 Å². The van der Waals surface area contributed by atoms with Gasteiger partial charge in [0.15, 0.2) is 0 Å². The van der Waals surface area contributed by atoms with Crippen molar-refractivity contribution in [1.82, 2.24) is 24.3 Å². The number of aromatic nitrogens is 3. The number of piperazine rings is 1. The Hall–Kier alpha value is -1.18. The van der Waals surface area contributed by atoms with E-state index in [1.54, 1.807) is 0 Å². The Kier molecular flexibility index (Phi) is 3.82. The van der Waals surface area contributed by atoms with E-state index in [1.807, 2.05) is 18.1 Å². The van der Waals surface area contributed by atoms with Gasteiger partial charge in [-0.25, -0.2) is 9.97 Å². The summed E-state index contributed by atoms with van der Waals surface area (Å²) in [7, 11) is 1.87. The number of carbonyl (C=O) groups is 1. The van der Waals surface area contributed by atoms with Crippen LogP contribution in [0.2, 0.25) is 5.15 Å². The third kappa shape index (κ3) is 2.55. The van der Waals surface area contributed by atoms with Gasteiger partial charge in [0.25, 0.3) is 0 Å². The van der Waals surface area contributed by atoms with E-state index in [4.69, 9.17) is 11.6 Å². The molecule has 8 heteroatoms. The van der Waals surface area contributed by atoms with Crippen molar-refractivity contribution < 1.29 is 4.79 Å². The van der Waals surface area contributed by atoms with E-state index in [1.165, 1.54) is 6.33 Å². The van der Waals surface area contributed by atoms with E-state index in [9.17, 15) is 4.79 Å². The molecule has 2 fully saturated rings. The Morgan fingerprint density at radius 3 is 2.78 bits per heavy atom. The third-order valence-electron chi connectivity index (χ3n) is 5.00. The standard InChI is InChI=1S/C15H17BrClN5O/c1-20-2-3-21(7-12(20)23)9-4-10(5-9)22-6-11(16)13-14(17)18-8-19-15(13)22/h6,8-10H,2-5,7H2,1H3. The number of halogens is 2. The number of fused-ring (bicyclic) bond motifs is 1. The van der Waals surface area contributed by atoms with Crippen molar-refractivity contribution in [3.05, 3.63) is 22.1 Å². The average Bonchev–Trinajstić information content (AvgIpc) is 2.80. The summed E-state index contributed by atoms with van der Waals surface area (Å²) < 4.78 is 3.11. The maximum Gasteiger partial charge on any atom is 0.236 e. The largest absolute Gasteiger partial charge is 0.343 e. The van der Waals surface area contributed by atoms with Crippen LogP contribution >= 0.6 is 27.5 Å². The van der Waals surface area contributed by atoms with E-state index >= 15 is 0 Å². The van der Waals surface area contributed by atoms with Crippen LogP contribution in [0.25, 0.3) is 11.0 Å². The van der Waals surface area contributed by atoms with Gasteiger partial charge < -0.3 is 9.47 Å². The zero-order chi connectivity index (χ0) is 16.1. The van der Waals surface area contributed by atoms with E-state index in [0.717, 1.165) is 41.4 Å². The zero-order valence-electron chi connectivity index (χ0n) is 12.7. The molecule has 2 aromatic rings. The molecule has 0 bridgehead atoms. The number of rotatable bonds is 2. The molecule has 122 valence electrons. The Balaban J connectivity index is 1.50. The fraction of sp³-hybridized carbons (Fsp3) is 0.533. The summed E-state index contributed by atoms with van der Waals surface area (Å²) in [6.45, 7) is 2.32. The van der Waals surface area contributed by atoms with Gasteiger partial charge in [0, 0.05) is 42.9 Å². The molecule has 0 N–H and O–H groups in total. The van der Waals surface area contributed by atoms with Crippen molar-refractivity contribution >= 4 is 44.5 Å². The quantitative estimate of drug-likeness (QED) is 0.729. The Morgan fingerprint density at radius 2 is 2.04 bits per heavy atom. The van der Waals surface area contributed by atoms with E-state index < -0.39 is 0 Å². The first-order chi connectivity index (χ1) is 11.0. The first-order valence-electron chi connectivity index (χ1n) is 7.69. The number of hydrogen-bond acceptors (Lipinski definition) is 4. The highest BCUT2D eigenvalue weighted by atomic mass is 79.9. The fourth-order valence-electron chi connectivity index (χ4n) is 3.46. The Bertz CT molecular complexity index is 773. The van der Waals surface area contributed by atoms with Gasteiger partial charge in [0.1, 0.15) is 17.1 Å². The van der Waals surface area contributed by atoms with Gasteiger partial charge in [-0.15, -0.1) is 0 Å². The van der Waals surface area contributed by atoms with Crippen molar-refractivity contribution in [2.24, 2.45) is 0 Å².